The van der Waals surface area contributed by atoms with Crippen molar-refractivity contribution in [3.8, 4) is 11.5 Å². The molecule has 3 N–H and O–H groups in total. The Morgan fingerprint density at radius 2 is 2.26 bits per heavy atom. The first kappa shape index (κ1) is 17.3. The van der Waals surface area contributed by atoms with Crippen molar-refractivity contribution in [1.82, 2.24) is 10.2 Å². The van der Waals surface area contributed by atoms with Gasteiger partial charge in [0.25, 0.3) is 0 Å². The standard InChI is InChI=1S/C20H26N2O5/c1-22-8-7-19-16-11-3-4-13(23)17(16)27-18(19)12(21-10-15(24)25)5-6-20(19,26-2)14(22)9-11/h3-4,12,14,18,21,23H,5-10H2,1-2H3,(H,24,25)/t12-,14?,18+,19+,20-/m1/s1. The zero-order valence-corrected chi connectivity index (χ0v) is 15.7. The number of rotatable bonds is 4. The molecule has 2 fully saturated rings. The van der Waals surface area contributed by atoms with Crippen LogP contribution in [0, 0.1) is 0 Å². The number of nitrogens with zero attached hydrogens (tertiary/aromatic N) is 1. The fourth-order valence-corrected chi connectivity index (χ4v) is 6.57. The van der Waals surface area contributed by atoms with Gasteiger partial charge in [-0.25, -0.2) is 0 Å². The number of likely N-dealkylation sites (N-methyl/N-ethyl adjacent to an activating group) is 1. The van der Waals surface area contributed by atoms with Crippen molar-refractivity contribution in [1.29, 1.82) is 0 Å². The number of nitrogens with one attached hydrogen (secondary N) is 1. The summed E-state index contributed by atoms with van der Waals surface area (Å²) in [5.74, 6) is -0.136. The molecule has 2 aliphatic carbocycles. The van der Waals surface area contributed by atoms with Crippen molar-refractivity contribution in [2.24, 2.45) is 0 Å². The number of methoxy groups -OCH3 is 1. The molecule has 5 atom stereocenters. The van der Waals surface area contributed by atoms with Gasteiger partial charge in [0.05, 0.1) is 17.6 Å². The van der Waals surface area contributed by atoms with Crippen molar-refractivity contribution in [2.45, 2.75) is 54.9 Å². The topological polar surface area (TPSA) is 91.3 Å². The number of ether oxygens (including phenoxy) is 2. The van der Waals surface area contributed by atoms with Crippen molar-refractivity contribution in [2.75, 3.05) is 27.2 Å². The van der Waals surface area contributed by atoms with Crippen LogP contribution in [0.2, 0.25) is 0 Å². The van der Waals surface area contributed by atoms with Gasteiger partial charge >= 0.3 is 5.97 Å². The fourth-order valence-electron chi connectivity index (χ4n) is 6.57. The van der Waals surface area contributed by atoms with Crippen LogP contribution >= 0.6 is 0 Å². The normalized spacial score (nSPS) is 39.0. The van der Waals surface area contributed by atoms with E-state index in [9.17, 15) is 9.90 Å². The molecule has 1 saturated carbocycles. The summed E-state index contributed by atoms with van der Waals surface area (Å²) >= 11 is 0. The van der Waals surface area contributed by atoms with E-state index in [4.69, 9.17) is 14.6 Å². The first-order valence-electron chi connectivity index (χ1n) is 9.67. The second-order valence-electron chi connectivity index (χ2n) is 8.42. The minimum absolute atomic E-state index is 0.0915. The van der Waals surface area contributed by atoms with E-state index in [1.807, 2.05) is 6.07 Å². The Labute approximate surface area is 158 Å². The summed E-state index contributed by atoms with van der Waals surface area (Å²) in [4.78, 5) is 13.5. The maximum Gasteiger partial charge on any atom is 0.317 e. The third kappa shape index (κ3) is 1.94. The average Bonchev–Trinajstić information content (AvgIpc) is 3.01. The van der Waals surface area contributed by atoms with E-state index >= 15 is 0 Å². The van der Waals surface area contributed by atoms with Crippen LogP contribution < -0.4 is 10.1 Å². The number of benzene rings is 1. The van der Waals surface area contributed by atoms with Crippen molar-refractivity contribution >= 4 is 5.97 Å². The molecule has 0 radical (unpaired) electrons. The summed E-state index contributed by atoms with van der Waals surface area (Å²) < 4.78 is 12.8. The van der Waals surface area contributed by atoms with E-state index in [1.165, 1.54) is 5.56 Å². The molecule has 1 aromatic rings. The monoisotopic (exact) mass is 374 g/mol. The van der Waals surface area contributed by atoms with Crippen LogP contribution in [0.4, 0.5) is 0 Å². The number of hydrogen-bond donors (Lipinski definition) is 3. The van der Waals surface area contributed by atoms with Crippen LogP contribution in [0.1, 0.15) is 30.4 Å². The molecular weight excluding hydrogens is 348 g/mol. The highest BCUT2D eigenvalue weighted by Gasteiger charge is 2.73. The summed E-state index contributed by atoms with van der Waals surface area (Å²) in [5.41, 5.74) is 1.56. The van der Waals surface area contributed by atoms with Gasteiger partial charge in [-0.2, -0.15) is 0 Å². The molecule has 2 bridgehead atoms. The molecule has 7 nitrogen and oxygen atoms in total. The predicted molar refractivity (Wildman–Crippen MR) is 97.3 cm³/mol. The molecular formula is C20H26N2O5. The Morgan fingerprint density at radius 1 is 1.44 bits per heavy atom. The maximum atomic E-state index is 11.1. The molecule has 2 aliphatic heterocycles. The van der Waals surface area contributed by atoms with Crippen molar-refractivity contribution in [3.63, 3.8) is 0 Å². The van der Waals surface area contributed by atoms with Gasteiger partial charge in [-0.3, -0.25) is 4.79 Å². The number of aliphatic carboxylic acids is 1. The van der Waals surface area contributed by atoms with E-state index in [2.05, 4.69) is 17.3 Å². The summed E-state index contributed by atoms with van der Waals surface area (Å²) in [7, 11) is 3.95. The number of piperidine rings is 1. The number of carboxylic acid groups (broad SMARTS) is 1. The molecule has 4 aliphatic rings. The molecule has 27 heavy (non-hydrogen) atoms. The van der Waals surface area contributed by atoms with Crippen LogP contribution in [0.3, 0.4) is 0 Å². The lowest BCUT2D eigenvalue weighted by molar-refractivity contribution is -0.203. The van der Waals surface area contributed by atoms with E-state index in [0.29, 0.717) is 5.75 Å². The lowest BCUT2D eigenvalue weighted by Crippen LogP contribution is -2.78. The molecule has 146 valence electrons. The summed E-state index contributed by atoms with van der Waals surface area (Å²) in [5, 5.41) is 22.9. The van der Waals surface area contributed by atoms with Crippen LogP contribution in [0.15, 0.2) is 12.1 Å². The third-order valence-electron chi connectivity index (χ3n) is 7.57. The van der Waals surface area contributed by atoms with Gasteiger partial charge in [-0.15, -0.1) is 0 Å². The number of phenolic OH excluding ortho intramolecular Hbond substituents is 1. The number of likely N-dealkylation sites (tertiary alicyclic amines) is 1. The van der Waals surface area contributed by atoms with E-state index in [0.717, 1.165) is 37.8 Å². The lowest BCUT2D eigenvalue weighted by Gasteiger charge is -2.65. The average molecular weight is 374 g/mol. The van der Waals surface area contributed by atoms with Gasteiger partial charge < -0.3 is 29.9 Å². The van der Waals surface area contributed by atoms with Gasteiger partial charge in [-0.1, -0.05) is 6.07 Å². The molecule has 1 aromatic carbocycles. The molecule has 5 rings (SSSR count). The van der Waals surface area contributed by atoms with Crippen LogP contribution in [0.25, 0.3) is 0 Å². The first-order chi connectivity index (χ1) is 12.9. The van der Waals surface area contributed by atoms with E-state index in [-0.39, 0.29) is 35.9 Å². The Kier molecular flexibility index (Phi) is 3.58. The molecule has 1 saturated heterocycles. The van der Waals surface area contributed by atoms with Crippen LogP contribution in [-0.2, 0) is 21.4 Å². The number of phenols is 1. The Balaban J connectivity index is 1.71. The van der Waals surface area contributed by atoms with E-state index < -0.39 is 11.6 Å². The summed E-state index contributed by atoms with van der Waals surface area (Å²) in [6, 6.07) is 3.89. The number of carboxylic acids is 1. The van der Waals surface area contributed by atoms with Gasteiger partial charge in [0, 0.05) is 24.8 Å². The van der Waals surface area contributed by atoms with Gasteiger partial charge in [0.2, 0.25) is 0 Å². The summed E-state index contributed by atoms with van der Waals surface area (Å²) in [6.45, 7) is 0.828. The van der Waals surface area contributed by atoms with Crippen molar-refractivity contribution < 1.29 is 24.5 Å². The highest BCUT2D eigenvalue weighted by molar-refractivity contribution is 5.69. The number of hydrogen-bond acceptors (Lipinski definition) is 6. The minimum atomic E-state index is -0.875. The molecule has 7 heteroatoms. The zero-order valence-electron chi connectivity index (χ0n) is 15.7. The van der Waals surface area contributed by atoms with Crippen LogP contribution in [-0.4, -0.2) is 72.1 Å². The highest BCUT2D eigenvalue weighted by Crippen LogP contribution is 2.66. The smallest absolute Gasteiger partial charge is 0.317 e. The Bertz CT molecular complexity index is 814. The molecule has 0 aromatic heterocycles. The van der Waals surface area contributed by atoms with Crippen LogP contribution in [0.5, 0.6) is 11.5 Å². The molecule has 1 spiro atoms. The largest absolute Gasteiger partial charge is 0.504 e. The lowest BCUT2D eigenvalue weighted by atomic mass is 9.48. The first-order valence-corrected chi connectivity index (χ1v) is 9.67. The molecule has 1 unspecified atom stereocenters. The zero-order chi connectivity index (χ0) is 19.0. The molecule has 2 heterocycles. The minimum Gasteiger partial charge on any atom is -0.504 e. The summed E-state index contributed by atoms with van der Waals surface area (Å²) in [6.07, 6.45) is 3.11. The second-order valence-corrected chi connectivity index (χ2v) is 8.42. The molecule has 0 amide bonds. The second kappa shape index (κ2) is 5.59. The number of aromatic hydroxyl groups is 1. The van der Waals surface area contributed by atoms with E-state index in [1.54, 1.807) is 13.2 Å². The maximum absolute atomic E-state index is 11.1. The van der Waals surface area contributed by atoms with Crippen molar-refractivity contribution in [3.05, 3.63) is 23.3 Å². The quantitative estimate of drug-likeness (QED) is 0.720. The third-order valence-corrected chi connectivity index (χ3v) is 7.57. The Hall–Kier alpha value is -1.83. The highest BCUT2D eigenvalue weighted by atomic mass is 16.5. The fraction of sp³-hybridized carbons (Fsp3) is 0.650. The Morgan fingerprint density at radius 3 is 3.00 bits per heavy atom. The number of carbonyl (C=O) groups is 1. The van der Waals surface area contributed by atoms with Gasteiger partial charge in [-0.05, 0) is 50.9 Å². The SMILES string of the molecule is CO[C@@]12CC[C@@H](NCC(=O)O)[C@@H]3Oc4c(O)ccc5c4[C@@]31CCN(C)C2C5. The predicted octanol–water partition coefficient (Wildman–Crippen LogP) is 0.873. The van der Waals surface area contributed by atoms with Gasteiger partial charge in [0.1, 0.15) is 6.10 Å². The van der Waals surface area contributed by atoms with Gasteiger partial charge in [0.15, 0.2) is 11.5 Å².